The van der Waals surface area contributed by atoms with Gasteiger partial charge in [0.15, 0.2) is 9.03 Å². The summed E-state index contributed by atoms with van der Waals surface area (Å²) >= 11 is 0. The minimum absolute atomic E-state index is 0.379. The van der Waals surface area contributed by atoms with Gasteiger partial charge in [0.05, 0.1) is 0 Å². The highest BCUT2D eigenvalue weighted by molar-refractivity contribution is 7.43. The summed E-state index contributed by atoms with van der Waals surface area (Å²) in [6.07, 6.45) is 17.1. The normalized spacial score (nSPS) is 14.3. The third-order valence-electron chi connectivity index (χ3n) is 3.81. The van der Waals surface area contributed by atoms with E-state index in [9.17, 15) is 0 Å². The van der Waals surface area contributed by atoms with Gasteiger partial charge in [-0.15, -0.1) is 0 Å². The Kier molecular flexibility index (Phi) is 16.0. The lowest BCUT2D eigenvalue weighted by molar-refractivity contribution is 0.549. The molecule has 0 bridgehead atoms. The zero-order valence-electron chi connectivity index (χ0n) is 16.1. The number of hydrogen-bond donors (Lipinski definition) is 1. The summed E-state index contributed by atoms with van der Waals surface area (Å²) in [6, 6.07) is 0. The Morgan fingerprint density at radius 3 is 1.67 bits per heavy atom. The maximum atomic E-state index is 8.58. The molecule has 2 unspecified atom stereocenters. The summed E-state index contributed by atoms with van der Waals surface area (Å²) in [5.74, 6) is 0. The van der Waals surface area contributed by atoms with Gasteiger partial charge in [-0.2, -0.15) is 0 Å². The molecule has 2 atom stereocenters. The third kappa shape index (κ3) is 16.6. The van der Waals surface area contributed by atoms with Crippen molar-refractivity contribution in [2.24, 2.45) is 0 Å². The molecule has 0 spiro atoms. The highest BCUT2D eigenvalue weighted by atomic mass is 31.2. The topological polar surface area (TPSA) is 29.5 Å². The second-order valence-corrected chi connectivity index (χ2v) is 8.29. The molecule has 0 heterocycles. The molecule has 0 saturated carbocycles. The van der Waals surface area contributed by atoms with Gasteiger partial charge in [-0.25, -0.2) is 0 Å². The molecule has 0 aromatic rings. The molecule has 0 aliphatic rings. The molecule has 0 radical (unpaired) electrons. The summed E-state index contributed by atoms with van der Waals surface area (Å²) < 4.78 is 4.97. The monoisotopic (exact) mass is 370 g/mol. The summed E-state index contributed by atoms with van der Waals surface area (Å²) in [5, 5.41) is 0. The summed E-state index contributed by atoms with van der Waals surface area (Å²) in [5.41, 5.74) is 5.81. The van der Waals surface area contributed by atoms with Crippen LogP contribution in [0, 0.1) is 0 Å². The first-order chi connectivity index (χ1) is 11.5. The van der Waals surface area contributed by atoms with E-state index in [2.05, 4.69) is 58.9 Å². The molecule has 0 aromatic carbocycles. The lowest BCUT2D eigenvalue weighted by Gasteiger charge is -2.03. The molecule has 0 saturated heterocycles. The number of rotatable bonds is 13. The molecular weight excluding hydrogens is 334 g/mol. The van der Waals surface area contributed by atoms with E-state index in [1.165, 1.54) is 28.7 Å². The molecular formula is C20H36O2P2. The Morgan fingerprint density at radius 2 is 1.21 bits per heavy atom. The van der Waals surface area contributed by atoms with Gasteiger partial charge in [0.1, 0.15) is 0 Å². The van der Waals surface area contributed by atoms with E-state index in [4.69, 9.17) is 9.20 Å². The van der Waals surface area contributed by atoms with E-state index in [0.29, 0.717) is 8.81 Å². The van der Waals surface area contributed by atoms with Crippen LogP contribution in [0.3, 0.4) is 0 Å². The molecule has 0 rings (SSSR count). The average molecular weight is 370 g/mol. The van der Waals surface area contributed by atoms with E-state index in [1.807, 2.05) is 0 Å². The van der Waals surface area contributed by atoms with Gasteiger partial charge < -0.3 is 9.20 Å². The molecule has 0 aliphatic carbocycles. The van der Waals surface area contributed by atoms with Crippen LogP contribution in [0.25, 0.3) is 0 Å². The van der Waals surface area contributed by atoms with Crippen LogP contribution in [-0.2, 0) is 4.31 Å². The first kappa shape index (κ1) is 23.7. The van der Waals surface area contributed by atoms with E-state index >= 15 is 0 Å². The highest BCUT2D eigenvalue weighted by Crippen LogP contribution is 2.23. The Labute approximate surface area is 153 Å². The Bertz CT molecular complexity index is 445. The lowest BCUT2D eigenvalue weighted by Crippen LogP contribution is -1.82. The smallest absolute Gasteiger partial charge is 0.155 e. The van der Waals surface area contributed by atoms with Crippen LogP contribution in [0.5, 0.6) is 0 Å². The largest absolute Gasteiger partial charge is 0.352 e. The standard InChI is InChI=1S/C20H36O2P2/c1-17(2)9-6-10-18(3)11-7-12-19(4)13-8-14-20(5)15-16-23-22-24-21/h9,11,13,15,21,23-24H,6-8,10,12,14,16H2,1-5H3/b18-11+,19-13+,20-15+. The van der Waals surface area contributed by atoms with Crippen LogP contribution in [0.15, 0.2) is 46.6 Å². The summed E-state index contributed by atoms with van der Waals surface area (Å²) in [7, 11) is 0.00187. The molecule has 1 N–H and O–H groups in total. The van der Waals surface area contributed by atoms with Gasteiger partial charge in [-0.3, -0.25) is 0 Å². The molecule has 2 nitrogen and oxygen atoms in total. The number of allylic oxidation sites excluding steroid dienone is 8. The van der Waals surface area contributed by atoms with Crippen molar-refractivity contribution in [3.05, 3.63) is 46.6 Å². The van der Waals surface area contributed by atoms with Crippen molar-refractivity contribution in [3.8, 4) is 0 Å². The van der Waals surface area contributed by atoms with E-state index < -0.39 is 0 Å². The Balaban J connectivity index is 3.92. The van der Waals surface area contributed by atoms with Gasteiger partial charge in [0, 0.05) is 15.0 Å². The fourth-order valence-electron chi connectivity index (χ4n) is 2.28. The van der Waals surface area contributed by atoms with Gasteiger partial charge in [-0.1, -0.05) is 46.6 Å². The third-order valence-corrected chi connectivity index (χ3v) is 5.12. The van der Waals surface area contributed by atoms with Gasteiger partial charge >= 0.3 is 0 Å². The maximum absolute atomic E-state index is 8.58. The fourth-order valence-corrected chi connectivity index (χ4v) is 3.30. The van der Waals surface area contributed by atoms with Crippen LogP contribution in [-0.4, -0.2) is 11.1 Å². The van der Waals surface area contributed by atoms with Crippen molar-refractivity contribution in [1.29, 1.82) is 0 Å². The maximum Gasteiger partial charge on any atom is 0.155 e. The summed E-state index contributed by atoms with van der Waals surface area (Å²) in [4.78, 5) is 8.58. The average Bonchev–Trinajstić information content (AvgIpc) is 2.51. The van der Waals surface area contributed by atoms with Crippen LogP contribution in [0.2, 0.25) is 0 Å². The Hall–Kier alpha value is -0.260. The van der Waals surface area contributed by atoms with Gasteiger partial charge in [-0.05, 0) is 73.1 Å². The van der Waals surface area contributed by atoms with Crippen molar-refractivity contribution < 1.29 is 9.20 Å². The lowest BCUT2D eigenvalue weighted by atomic mass is 10.0. The van der Waals surface area contributed by atoms with Crippen molar-refractivity contribution in [2.75, 3.05) is 6.16 Å². The quantitative estimate of drug-likeness (QED) is 0.210. The molecule has 24 heavy (non-hydrogen) atoms. The van der Waals surface area contributed by atoms with Crippen molar-refractivity contribution in [3.63, 3.8) is 0 Å². The van der Waals surface area contributed by atoms with Crippen LogP contribution < -0.4 is 0 Å². The first-order valence-corrected chi connectivity index (χ1v) is 10.8. The zero-order chi connectivity index (χ0) is 18.2. The fraction of sp³-hybridized carbons (Fsp3) is 0.600. The first-order valence-electron chi connectivity index (χ1n) is 8.83. The molecule has 0 amide bonds. The van der Waals surface area contributed by atoms with Gasteiger partial charge in [0.2, 0.25) is 0 Å². The minimum atomic E-state index is -0.379. The Morgan fingerprint density at radius 1 is 0.750 bits per heavy atom. The highest BCUT2D eigenvalue weighted by Gasteiger charge is 1.94. The minimum Gasteiger partial charge on any atom is -0.352 e. The second-order valence-electron chi connectivity index (χ2n) is 6.59. The molecule has 138 valence electrons. The number of hydrogen-bond acceptors (Lipinski definition) is 2. The van der Waals surface area contributed by atoms with Crippen LogP contribution in [0.4, 0.5) is 0 Å². The van der Waals surface area contributed by atoms with Crippen molar-refractivity contribution in [1.82, 2.24) is 0 Å². The predicted molar refractivity (Wildman–Crippen MR) is 113 cm³/mol. The molecule has 0 fully saturated rings. The zero-order valence-corrected chi connectivity index (χ0v) is 18.1. The molecule has 0 aromatic heterocycles. The molecule has 4 heteroatoms. The van der Waals surface area contributed by atoms with E-state index in [1.54, 1.807) is 0 Å². The SMILES string of the molecule is CC(C)=CCC/C(C)=C/CC/C(C)=C/CC/C(C)=C/CPOPO. The van der Waals surface area contributed by atoms with Gasteiger partial charge in [0.25, 0.3) is 0 Å². The van der Waals surface area contributed by atoms with Crippen molar-refractivity contribution in [2.45, 2.75) is 73.1 Å². The molecule has 0 aliphatic heterocycles. The predicted octanol–water partition coefficient (Wildman–Crippen LogP) is 7.24. The summed E-state index contributed by atoms with van der Waals surface area (Å²) in [6.45, 7) is 11.0. The van der Waals surface area contributed by atoms with Crippen molar-refractivity contribution >= 4 is 17.8 Å². The second kappa shape index (κ2) is 16.2. The van der Waals surface area contributed by atoms with E-state index in [-0.39, 0.29) is 9.03 Å². The van der Waals surface area contributed by atoms with E-state index in [0.717, 1.165) is 38.3 Å². The van der Waals surface area contributed by atoms with Crippen LogP contribution in [0.1, 0.15) is 73.1 Å². The van der Waals surface area contributed by atoms with Crippen LogP contribution >= 0.6 is 17.8 Å².